The monoisotopic (exact) mass is 187 g/mol. The average molecular weight is 188 g/mol. The Morgan fingerprint density at radius 1 is 1.18 bits per heavy atom. The van der Waals surface area contributed by atoms with Crippen LogP contribution in [0.4, 0.5) is 17.6 Å². The second-order valence-electron chi connectivity index (χ2n) is 1.80. The van der Waals surface area contributed by atoms with Crippen LogP contribution in [0.15, 0.2) is 22.6 Å². The van der Waals surface area contributed by atoms with Crippen LogP contribution < -0.4 is 5.32 Å². The Hall–Kier alpha value is -0.710. The van der Waals surface area contributed by atoms with Gasteiger partial charge in [0.1, 0.15) is 5.03 Å². The molecule has 0 amide bonds. The van der Waals surface area contributed by atoms with Crippen molar-refractivity contribution in [2.45, 2.75) is 6.30 Å². The van der Waals surface area contributed by atoms with Crippen LogP contribution in [0.1, 0.15) is 0 Å². The van der Waals surface area contributed by atoms with Gasteiger partial charge in [0.05, 0.1) is 0 Å². The maximum atomic E-state index is 12.3. The lowest BCUT2D eigenvalue weighted by atomic mass is 10.3. The highest BCUT2D eigenvalue weighted by molar-refractivity contribution is 6.30. The van der Waals surface area contributed by atoms with E-state index >= 15 is 0 Å². The van der Waals surface area contributed by atoms with Crippen molar-refractivity contribution in [2.75, 3.05) is 0 Å². The van der Waals surface area contributed by atoms with Crippen LogP contribution in [0.25, 0.3) is 0 Å². The zero-order valence-electron chi connectivity index (χ0n) is 4.97. The zero-order chi connectivity index (χ0) is 8.59. The van der Waals surface area contributed by atoms with Crippen molar-refractivity contribution in [2.24, 2.45) is 0 Å². The molecule has 1 N–H and O–H groups in total. The number of rotatable bonds is 0. The summed E-state index contributed by atoms with van der Waals surface area (Å²) in [5.41, 5.74) is 0. The van der Waals surface area contributed by atoms with E-state index < -0.39 is 28.9 Å². The molecule has 1 aliphatic heterocycles. The molecule has 1 unspecified atom stereocenters. The third-order valence-electron chi connectivity index (χ3n) is 1.07. The van der Waals surface area contributed by atoms with Crippen LogP contribution >= 0.6 is 11.6 Å². The first-order valence-electron chi connectivity index (χ1n) is 2.55. The SMILES string of the molecule is FC1=C(F)C(F)=C(Cl)C(F)N1. The standard InChI is InChI=1S/C5H2ClF4N/c6-1-2(7)3(8)5(10)11-4(1)9/h4,11H. The van der Waals surface area contributed by atoms with Gasteiger partial charge in [-0.2, -0.15) is 8.78 Å². The molecule has 1 heterocycles. The number of alkyl halides is 1. The second-order valence-corrected chi connectivity index (χ2v) is 2.20. The summed E-state index contributed by atoms with van der Waals surface area (Å²) in [5, 5.41) is 0.340. The fraction of sp³-hybridized carbons (Fsp3) is 0.200. The Morgan fingerprint density at radius 3 is 2.27 bits per heavy atom. The van der Waals surface area contributed by atoms with Crippen molar-refractivity contribution in [1.82, 2.24) is 5.32 Å². The van der Waals surface area contributed by atoms with Gasteiger partial charge in [0, 0.05) is 0 Å². The van der Waals surface area contributed by atoms with E-state index in [4.69, 9.17) is 11.6 Å². The smallest absolute Gasteiger partial charge is 0.228 e. The molecule has 0 saturated heterocycles. The summed E-state index contributed by atoms with van der Waals surface area (Å²) >= 11 is 4.90. The molecule has 11 heavy (non-hydrogen) atoms. The predicted molar refractivity (Wildman–Crippen MR) is 31.3 cm³/mol. The van der Waals surface area contributed by atoms with Gasteiger partial charge < -0.3 is 5.32 Å². The summed E-state index contributed by atoms with van der Waals surface area (Å²) < 4.78 is 48.8. The number of hydrogen-bond donors (Lipinski definition) is 1. The highest BCUT2D eigenvalue weighted by atomic mass is 35.5. The highest BCUT2D eigenvalue weighted by Crippen LogP contribution is 2.30. The van der Waals surface area contributed by atoms with Gasteiger partial charge in [-0.05, 0) is 0 Å². The first-order valence-corrected chi connectivity index (χ1v) is 2.93. The third-order valence-corrected chi connectivity index (χ3v) is 1.43. The Morgan fingerprint density at radius 2 is 1.73 bits per heavy atom. The van der Waals surface area contributed by atoms with Crippen molar-refractivity contribution in [3.8, 4) is 0 Å². The molecule has 0 bridgehead atoms. The molecule has 62 valence electrons. The number of halogens is 5. The Kier molecular flexibility index (Phi) is 2.08. The van der Waals surface area contributed by atoms with E-state index in [0.29, 0.717) is 0 Å². The van der Waals surface area contributed by atoms with Crippen LogP contribution in [-0.4, -0.2) is 6.30 Å². The van der Waals surface area contributed by atoms with Crippen molar-refractivity contribution < 1.29 is 17.6 Å². The molecule has 1 aliphatic rings. The summed E-state index contributed by atoms with van der Waals surface area (Å²) in [7, 11) is 0. The second kappa shape index (κ2) is 2.73. The lowest BCUT2D eigenvalue weighted by molar-refractivity contribution is 0.293. The lowest BCUT2D eigenvalue weighted by Gasteiger charge is -2.14. The van der Waals surface area contributed by atoms with Gasteiger partial charge in [0.15, 0.2) is 5.83 Å². The first kappa shape index (κ1) is 8.39. The summed E-state index contributed by atoms with van der Waals surface area (Å²) in [4.78, 5) is 0. The number of nitrogens with one attached hydrogen (secondary N) is 1. The Labute approximate surface area is 64.3 Å². The third kappa shape index (κ3) is 1.33. The normalized spacial score (nSPS) is 25.7. The molecule has 1 atom stereocenters. The highest BCUT2D eigenvalue weighted by Gasteiger charge is 2.28. The van der Waals surface area contributed by atoms with Crippen LogP contribution in [0.3, 0.4) is 0 Å². The van der Waals surface area contributed by atoms with Crippen LogP contribution in [0.5, 0.6) is 0 Å². The molecule has 1 rings (SSSR count). The average Bonchev–Trinajstić information content (AvgIpc) is 1.97. The van der Waals surface area contributed by atoms with E-state index in [1.165, 1.54) is 5.32 Å². The van der Waals surface area contributed by atoms with Gasteiger partial charge in [0.2, 0.25) is 18.1 Å². The van der Waals surface area contributed by atoms with Crippen LogP contribution in [0, 0.1) is 0 Å². The lowest BCUT2D eigenvalue weighted by Crippen LogP contribution is -2.27. The molecule has 6 heteroatoms. The summed E-state index contributed by atoms with van der Waals surface area (Å²) in [6.07, 6.45) is -2.21. The molecule has 0 spiro atoms. The fourth-order valence-corrected chi connectivity index (χ4v) is 0.688. The summed E-state index contributed by atoms with van der Waals surface area (Å²) in [5.74, 6) is -5.18. The van der Waals surface area contributed by atoms with Crippen molar-refractivity contribution >= 4 is 11.6 Å². The van der Waals surface area contributed by atoms with Crippen LogP contribution in [0.2, 0.25) is 0 Å². The predicted octanol–water partition coefficient (Wildman–Crippen LogP) is 2.41. The van der Waals surface area contributed by atoms with Gasteiger partial charge in [-0.15, -0.1) is 0 Å². The molecule has 0 fully saturated rings. The minimum Gasteiger partial charge on any atom is -0.325 e. The number of hydrogen-bond acceptors (Lipinski definition) is 1. The van der Waals surface area contributed by atoms with Crippen molar-refractivity contribution in [1.29, 1.82) is 0 Å². The molecule has 0 aromatic carbocycles. The first-order chi connectivity index (χ1) is 5.04. The van der Waals surface area contributed by atoms with E-state index in [2.05, 4.69) is 0 Å². The minimum atomic E-state index is -2.21. The Bertz CT molecular complexity index is 247. The molecule has 0 aromatic heterocycles. The topological polar surface area (TPSA) is 12.0 Å². The van der Waals surface area contributed by atoms with E-state index in [1.54, 1.807) is 0 Å². The van der Waals surface area contributed by atoms with E-state index in [1.807, 2.05) is 0 Å². The van der Waals surface area contributed by atoms with Gasteiger partial charge in [-0.1, -0.05) is 11.6 Å². The molecular formula is C5H2ClF4N. The summed E-state index contributed by atoms with van der Waals surface area (Å²) in [6.45, 7) is 0. The van der Waals surface area contributed by atoms with Crippen molar-refractivity contribution in [3.05, 3.63) is 22.6 Å². The largest absolute Gasteiger partial charge is 0.325 e. The zero-order valence-corrected chi connectivity index (χ0v) is 5.72. The maximum Gasteiger partial charge on any atom is 0.228 e. The van der Waals surface area contributed by atoms with Gasteiger partial charge in [-0.3, -0.25) is 0 Å². The quantitative estimate of drug-likeness (QED) is 0.454. The van der Waals surface area contributed by atoms with E-state index in [0.717, 1.165) is 0 Å². The molecule has 0 aromatic rings. The summed E-state index contributed by atoms with van der Waals surface area (Å²) in [6, 6.07) is 0. The number of dihydropyridines is 1. The molecule has 1 nitrogen and oxygen atoms in total. The van der Waals surface area contributed by atoms with Crippen molar-refractivity contribution in [3.63, 3.8) is 0 Å². The van der Waals surface area contributed by atoms with Crippen LogP contribution in [-0.2, 0) is 0 Å². The number of allylic oxidation sites excluding steroid dienone is 2. The maximum absolute atomic E-state index is 12.3. The molecule has 0 saturated carbocycles. The van der Waals surface area contributed by atoms with E-state index in [-0.39, 0.29) is 0 Å². The fourth-order valence-electron chi connectivity index (χ4n) is 0.550. The van der Waals surface area contributed by atoms with E-state index in [9.17, 15) is 17.6 Å². The van der Waals surface area contributed by atoms with Gasteiger partial charge in [-0.25, -0.2) is 8.78 Å². The molecule has 0 aliphatic carbocycles. The molecule has 0 radical (unpaired) electrons. The van der Waals surface area contributed by atoms with Gasteiger partial charge in [0.25, 0.3) is 0 Å². The Balaban J connectivity index is 3.07. The minimum absolute atomic E-state index is 1.01. The molecular weight excluding hydrogens is 186 g/mol. The van der Waals surface area contributed by atoms with Gasteiger partial charge >= 0.3 is 0 Å².